The molecule has 0 aromatic heterocycles. The average molecular weight is 176 g/mol. The predicted octanol–water partition coefficient (Wildman–Crippen LogP) is 1.86. The molecule has 3 heteroatoms. The number of nitrogen functional groups attached to an aromatic ring is 1. The first-order valence-corrected chi connectivity index (χ1v) is 3.98. The van der Waals surface area contributed by atoms with Crippen molar-refractivity contribution in [3.8, 4) is 0 Å². The maximum absolute atomic E-state index is 11.0. The Balaban J connectivity index is 3.20. The number of benzene rings is 1. The van der Waals surface area contributed by atoms with E-state index in [1.54, 1.807) is 25.1 Å². The summed E-state index contributed by atoms with van der Waals surface area (Å²) in [6.07, 6.45) is 0. The molecule has 1 rings (SSSR count). The molecular formula is C10H12N2O. The molecule has 0 atom stereocenters. The first-order valence-electron chi connectivity index (χ1n) is 3.98. The van der Waals surface area contributed by atoms with Crippen molar-refractivity contribution in [1.82, 2.24) is 0 Å². The van der Waals surface area contributed by atoms with Crippen LogP contribution in [-0.4, -0.2) is 11.5 Å². The second kappa shape index (κ2) is 3.39. The van der Waals surface area contributed by atoms with E-state index in [0.717, 1.165) is 0 Å². The van der Waals surface area contributed by atoms with Crippen molar-refractivity contribution in [1.29, 1.82) is 5.41 Å². The Kier molecular flexibility index (Phi) is 2.46. The van der Waals surface area contributed by atoms with Crippen LogP contribution in [0.2, 0.25) is 0 Å². The Morgan fingerprint density at radius 3 is 2.38 bits per heavy atom. The van der Waals surface area contributed by atoms with Crippen LogP contribution in [-0.2, 0) is 0 Å². The normalized spacial score (nSPS) is 9.69. The number of nitrogens with two attached hydrogens (primary N) is 1. The lowest BCUT2D eigenvalue weighted by molar-refractivity contribution is 0.101. The van der Waals surface area contributed by atoms with E-state index in [1.807, 2.05) is 0 Å². The second-order valence-corrected chi connectivity index (χ2v) is 2.98. The van der Waals surface area contributed by atoms with E-state index < -0.39 is 0 Å². The summed E-state index contributed by atoms with van der Waals surface area (Å²) in [5, 5.41) is 7.39. The third-order valence-electron chi connectivity index (χ3n) is 1.86. The van der Waals surface area contributed by atoms with Gasteiger partial charge in [-0.3, -0.25) is 4.79 Å². The topological polar surface area (TPSA) is 66.9 Å². The van der Waals surface area contributed by atoms with Crippen molar-refractivity contribution in [3.63, 3.8) is 0 Å². The summed E-state index contributed by atoms with van der Waals surface area (Å²) in [6.45, 7) is 3.16. The highest BCUT2D eigenvalue weighted by atomic mass is 16.1. The van der Waals surface area contributed by atoms with E-state index in [-0.39, 0.29) is 5.78 Å². The minimum absolute atomic E-state index is 0.0131. The Labute approximate surface area is 77.1 Å². The summed E-state index contributed by atoms with van der Waals surface area (Å²) < 4.78 is 0. The molecule has 1 aromatic carbocycles. The van der Waals surface area contributed by atoms with Crippen molar-refractivity contribution in [3.05, 3.63) is 29.3 Å². The zero-order valence-electron chi connectivity index (χ0n) is 7.72. The largest absolute Gasteiger partial charge is 0.398 e. The summed E-state index contributed by atoms with van der Waals surface area (Å²) in [6, 6.07) is 5.00. The van der Waals surface area contributed by atoms with Gasteiger partial charge < -0.3 is 11.1 Å². The Bertz CT molecular complexity index is 369. The number of hydrogen-bond donors (Lipinski definition) is 2. The van der Waals surface area contributed by atoms with Gasteiger partial charge in [-0.1, -0.05) is 12.1 Å². The van der Waals surface area contributed by atoms with Gasteiger partial charge in [0, 0.05) is 22.5 Å². The SMILES string of the molecule is CC(=N)c1ccc(C(C)=O)cc1N. The fraction of sp³-hybridized carbons (Fsp3) is 0.200. The summed E-state index contributed by atoms with van der Waals surface area (Å²) in [5.74, 6) is -0.0131. The number of ketones is 1. The van der Waals surface area contributed by atoms with Crippen LogP contribution in [0.1, 0.15) is 29.8 Å². The molecule has 0 unspecified atom stereocenters. The van der Waals surface area contributed by atoms with Crippen molar-refractivity contribution in [2.75, 3.05) is 5.73 Å². The molecule has 0 heterocycles. The standard InChI is InChI=1S/C10H12N2O/c1-6(11)9-4-3-8(7(2)13)5-10(9)12/h3-5,11H,12H2,1-2H3. The number of carbonyl (C=O) groups is 1. The van der Waals surface area contributed by atoms with Crippen LogP contribution in [0.4, 0.5) is 5.69 Å². The summed E-state index contributed by atoms with van der Waals surface area (Å²) in [7, 11) is 0. The van der Waals surface area contributed by atoms with Crippen LogP contribution in [0.3, 0.4) is 0 Å². The lowest BCUT2D eigenvalue weighted by atomic mass is 10.0. The molecule has 0 bridgehead atoms. The van der Waals surface area contributed by atoms with E-state index >= 15 is 0 Å². The quantitative estimate of drug-likeness (QED) is 0.410. The van der Waals surface area contributed by atoms with E-state index in [4.69, 9.17) is 11.1 Å². The molecule has 0 aliphatic rings. The fourth-order valence-electron chi connectivity index (χ4n) is 1.12. The fourth-order valence-corrected chi connectivity index (χ4v) is 1.12. The van der Waals surface area contributed by atoms with Gasteiger partial charge >= 0.3 is 0 Å². The molecule has 0 amide bonds. The van der Waals surface area contributed by atoms with E-state index in [1.165, 1.54) is 6.92 Å². The van der Waals surface area contributed by atoms with E-state index in [9.17, 15) is 4.79 Å². The van der Waals surface area contributed by atoms with Gasteiger partial charge in [-0.15, -0.1) is 0 Å². The smallest absolute Gasteiger partial charge is 0.159 e. The summed E-state index contributed by atoms with van der Waals surface area (Å²) in [4.78, 5) is 11.0. The number of anilines is 1. The highest BCUT2D eigenvalue weighted by Crippen LogP contribution is 2.14. The van der Waals surface area contributed by atoms with Crippen LogP contribution < -0.4 is 5.73 Å². The summed E-state index contributed by atoms with van der Waals surface area (Å²) in [5.41, 5.74) is 7.83. The predicted molar refractivity (Wildman–Crippen MR) is 53.4 cm³/mol. The zero-order chi connectivity index (χ0) is 10.0. The van der Waals surface area contributed by atoms with Gasteiger partial charge in [-0.25, -0.2) is 0 Å². The third-order valence-corrected chi connectivity index (χ3v) is 1.86. The second-order valence-electron chi connectivity index (χ2n) is 2.98. The number of carbonyl (C=O) groups excluding carboxylic acids is 1. The highest BCUT2D eigenvalue weighted by molar-refractivity contribution is 6.03. The molecule has 13 heavy (non-hydrogen) atoms. The molecular weight excluding hydrogens is 164 g/mol. The molecule has 0 saturated carbocycles. The maximum atomic E-state index is 11.0. The van der Waals surface area contributed by atoms with Crippen molar-refractivity contribution in [2.24, 2.45) is 0 Å². The molecule has 1 aromatic rings. The minimum Gasteiger partial charge on any atom is -0.398 e. The van der Waals surface area contributed by atoms with Gasteiger partial charge in [0.1, 0.15) is 0 Å². The number of nitrogens with one attached hydrogen (secondary N) is 1. The average Bonchev–Trinajstić information content (AvgIpc) is 2.03. The molecule has 3 nitrogen and oxygen atoms in total. The maximum Gasteiger partial charge on any atom is 0.159 e. The van der Waals surface area contributed by atoms with E-state index in [0.29, 0.717) is 22.5 Å². The number of rotatable bonds is 2. The molecule has 0 radical (unpaired) electrons. The van der Waals surface area contributed by atoms with Crippen molar-refractivity contribution in [2.45, 2.75) is 13.8 Å². The van der Waals surface area contributed by atoms with Gasteiger partial charge in [-0.05, 0) is 19.9 Å². The molecule has 0 aliphatic heterocycles. The van der Waals surface area contributed by atoms with Gasteiger partial charge in [-0.2, -0.15) is 0 Å². The van der Waals surface area contributed by atoms with Crippen LogP contribution in [0.15, 0.2) is 18.2 Å². The lowest BCUT2D eigenvalue weighted by Crippen LogP contribution is -2.02. The minimum atomic E-state index is -0.0131. The van der Waals surface area contributed by atoms with Crippen LogP contribution >= 0.6 is 0 Å². The van der Waals surface area contributed by atoms with Gasteiger partial charge in [0.15, 0.2) is 5.78 Å². The Hall–Kier alpha value is -1.64. The van der Waals surface area contributed by atoms with Crippen molar-refractivity contribution < 1.29 is 4.79 Å². The lowest BCUT2D eigenvalue weighted by Gasteiger charge is -2.04. The Morgan fingerprint density at radius 2 is 2.00 bits per heavy atom. The van der Waals surface area contributed by atoms with Crippen LogP contribution in [0.25, 0.3) is 0 Å². The Morgan fingerprint density at radius 1 is 1.38 bits per heavy atom. The first-order chi connectivity index (χ1) is 6.02. The number of Topliss-reactive ketones (excluding diaryl/α,β-unsaturated/α-hetero) is 1. The molecule has 68 valence electrons. The monoisotopic (exact) mass is 176 g/mol. The highest BCUT2D eigenvalue weighted by Gasteiger charge is 2.04. The van der Waals surface area contributed by atoms with Crippen LogP contribution in [0.5, 0.6) is 0 Å². The zero-order valence-corrected chi connectivity index (χ0v) is 7.72. The molecule has 0 spiro atoms. The third kappa shape index (κ3) is 1.93. The molecule has 3 N–H and O–H groups in total. The van der Waals surface area contributed by atoms with Gasteiger partial charge in [0.2, 0.25) is 0 Å². The molecule has 0 fully saturated rings. The number of hydrogen-bond acceptors (Lipinski definition) is 3. The van der Waals surface area contributed by atoms with Gasteiger partial charge in [0.05, 0.1) is 0 Å². The van der Waals surface area contributed by atoms with E-state index in [2.05, 4.69) is 0 Å². The van der Waals surface area contributed by atoms with Crippen LogP contribution in [0, 0.1) is 5.41 Å². The molecule has 0 saturated heterocycles. The van der Waals surface area contributed by atoms with Gasteiger partial charge in [0.25, 0.3) is 0 Å². The molecule has 0 aliphatic carbocycles. The first kappa shape index (κ1) is 9.45. The summed E-state index contributed by atoms with van der Waals surface area (Å²) >= 11 is 0. The van der Waals surface area contributed by atoms with Crippen molar-refractivity contribution >= 4 is 17.2 Å².